The Labute approximate surface area is 165 Å². The summed E-state index contributed by atoms with van der Waals surface area (Å²) < 4.78 is 6.01. The molecule has 2 aliphatic rings. The van der Waals surface area contributed by atoms with Crippen LogP contribution in [-0.4, -0.2) is 60.9 Å². The van der Waals surface area contributed by atoms with Crippen LogP contribution >= 0.6 is 0 Å². The van der Waals surface area contributed by atoms with Gasteiger partial charge in [-0.25, -0.2) is 0 Å². The molecule has 0 unspecified atom stereocenters. The Morgan fingerprint density at radius 1 is 0.964 bits per heavy atom. The van der Waals surface area contributed by atoms with Gasteiger partial charge in [-0.1, -0.05) is 36.4 Å². The molecule has 0 saturated carbocycles. The largest absolute Gasteiger partial charge is 0.457 e. The second kappa shape index (κ2) is 8.02. The molecular formula is C22H25N3O3. The van der Waals surface area contributed by atoms with Crippen molar-refractivity contribution < 1.29 is 14.3 Å². The van der Waals surface area contributed by atoms with Gasteiger partial charge in [-0.3, -0.25) is 14.5 Å². The molecule has 6 nitrogen and oxygen atoms in total. The predicted octanol–water partition coefficient (Wildman–Crippen LogP) is 2.20. The van der Waals surface area contributed by atoms with Gasteiger partial charge >= 0.3 is 0 Å². The number of hydrogen-bond donors (Lipinski definition) is 1. The molecule has 2 heterocycles. The number of piperazine rings is 1. The highest BCUT2D eigenvalue weighted by Gasteiger charge is 2.36. The molecule has 1 fully saturated rings. The summed E-state index contributed by atoms with van der Waals surface area (Å²) in [5.41, 5.74) is 1.83. The van der Waals surface area contributed by atoms with Gasteiger partial charge in [0.2, 0.25) is 11.8 Å². The van der Waals surface area contributed by atoms with Crippen LogP contribution in [0, 0.1) is 0 Å². The van der Waals surface area contributed by atoms with Crippen molar-refractivity contribution in [3.8, 4) is 11.5 Å². The van der Waals surface area contributed by atoms with E-state index in [1.165, 1.54) is 0 Å². The summed E-state index contributed by atoms with van der Waals surface area (Å²) in [6, 6.07) is 15.5. The highest BCUT2D eigenvalue weighted by molar-refractivity contribution is 5.89. The summed E-state index contributed by atoms with van der Waals surface area (Å²) in [4.78, 5) is 29.3. The number of rotatable bonds is 4. The summed E-state index contributed by atoms with van der Waals surface area (Å²) in [6.45, 7) is 5.60. The molecule has 0 radical (unpaired) electrons. The Bertz CT molecular complexity index is 829. The average molecular weight is 379 g/mol. The number of fused-ring (bicyclic) bond motifs is 2. The first-order valence-electron chi connectivity index (χ1n) is 9.81. The minimum Gasteiger partial charge on any atom is -0.457 e. The summed E-state index contributed by atoms with van der Waals surface area (Å²) in [6.07, 6.45) is 0. The fourth-order valence-electron chi connectivity index (χ4n) is 3.94. The molecule has 2 aromatic rings. The SMILES string of the molecule is CCNC(=O)CN1CCN(C(=O)C2c3ccccc3Oc3ccccc32)CC1. The molecule has 28 heavy (non-hydrogen) atoms. The standard InChI is InChI=1S/C22H25N3O3/c1-2-23-20(26)15-24-11-13-25(14-12-24)22(27)21-16-7-3-5-9-18(16)28-19-10-6-4-8-17(19)21/h3-10,21H,2,11-15H2,1H3,(H,23,26). The third-order valence-electron chi connectivity index (χ3n) is 5.35. The zero-order chi connectivity index (χ0) is 19.5. The molecule has 0 atom stereocenters. The quantitative estimate of drug-likeness (QED) is 0.885. The fraction of sp³-hybridized carbons (Fsp3) is 0.364. The highest BCUT2D eigenvalue weighted by Crippen LogP contribution is 2.44. The molecule has 6 heteroatoms. The fourth-order valence-corrected chi connectivity index (χ4v) is 3.94. The first-order valence-corrected chi connectivity index (χ1v) is 9.81. The van der Waals surface area contributed by atoms with Gasteiger partial charge in [0.15, 0.2) is 0 Å². The van der Waals surface area contributed by atoms with Gasteiger partial charge in [0.1, 0.15) is 11.5 Å². The summed E-state index contributed by atoms with van der Waals surface area (Å²) in [7, 11) is 0. The van der Waals surface area contributed by atoms with Crippen LogP contribution in [0.2, 0.25) is 0 Å². The third kappa shape index (κ3) is 3.60. The number of likely N-dealkylation sites (N-methyl/N-ethyl adjacent to an activating group) is 1. The molecule has 0 bridgehead atoms. The van der Waals surface area contributed by atoms with Crippen LogP contribution in [0.5, 0.6) is 11.5 Å². The molecule has 1 N–H and O–H groups in total. The number of nitrogens with one attached hydrogen (secondary N) is 1. The minimum absolute atomic E-state index is 0.0366. The van der Waals surface area contributed by atoms with Crippen molar-refractivity contribution in [1.29, 1.82) is 0 Å². The van der Waals surface area contributed by atoms with Crippen LogP contribution in [0.4, 0.5) is 0 Å². The molecular weight excluding hydrogens is 354 g/mol. The normalized spacial score (nSPS) is 16.7. The number of hydrogen-bond acceptors (Lipinski definition) is 4. The van der Waals surface area contributed by atoms with Gasteiger partial charge in [0.05, 0.1) is 12.5 Å². The first-order chi connectivity index (χ1) is 13.7. The van der Waals surface area contributed by atoms with Crippen LogP contribution in [0.15, 0.2) is 48.5 Å². The molecule has 2 aromatic carbocycles. The van der Waals surface area contributed by atoms with Crippen molar-refractivity contribution in [3.63, 3.8) is 0 Å². The number of benzene rings is 2. The molecule has 0 aromatic heterocycles. The van der Waals surface area contributed by atoms with Crippen molar-refractivity contribution in [2.45, 2.75) is 12.8 Å². The molecule has 2 amide bonds. The number of carbonyl (C=O) groups excluding carboxylic acids is 2. The Morgan fingerprint density at radius 2 is 1.54 bits per heavy atom. The zero-order valence-corrected chi connectivity index (χ0v) is 16.1. The lowest BCUT2D eigenvalue weighted by atomic mass is 9.86. The van der Waals surface area contributed by atoms with E-state index in [2.05, 4.69) is 10.2 Å². The van der Waals surface area contributed by atoms with E-state index in [0.29, 0.717) is 39.3 Å². The molecule has 0 spiro atoms. The van der Waals surface area contributed by atoms with E-state index in [9.17, 15) is 9.59 Å². The Hall–Kier alpha value is -2.86. The van der Waals surface area contributed by atoms with Crippen LogP contribution in [0.25, 0.3) is 0 Å². The number of nitrogens with zero attached hydrogens (tertiary/aromatic N) is 2. The van der Waals surface area contributed by atoms with E-state index in [-0.39, 0.29) is 17.7 Å². The van der Waals surface area contributed by atoms with Crippen molar-refractivity contribution in [2.75, 3.05) is 39.3 Å². The maximum atomic E-state index is 13.5. The number of amides is 2. The maximum absolute atomic E-state index is 13.5. The van der Waals surface area contributed by atoms with Gasteiger partial charge in [-0.05, 0) is 19.1 Å². The van der Waals surface area contributed by atoms with E-state index >= 15 is 0 Å². The molecule has 0 aliphatic carbocycles. The van der Waals surface area contributed by atoms with Gasteiger partial charge < -0.3 is 15.0 Å². The molecule has 4 rings (SSSR count). The number of para-hydroxylation sites is 2. The Balaban J connectivity index is 1.51. The van der Waals surface area contributed by atoms with Crippen molar-refractivity contribution >= 4 is 11.8 Å². The second-order valence-electron chi connectivity index (χ2n) is 7.17. The van der Waals surface area contributed by atoms with Crippen LogP contribution in [0.3, 0.4) is 0 Å². The van der Waals surface area contributed by atoms with Gasteiger partial charge in [0.25, 0.3) is 0 Å². The Kier molecular flexibility index (Phi) is 5.30. The summed E-state index contributed by atoms with van der Waals surface area (Å²) in [5.74, 6) is 1.27. The monoisotopic (exact) mass is 379 g/mol. The number of ether oxygens (including phenoxy) is 1. The van der Waals surface area contributed by atoms with Crippen LogP contribution < -0.4 is 10.1 Å². The lowest BCUT2D eigenvalue weighted by molar-refractivity contribution is -0.134. The number of carbonyl (C=O) groups is 2. The third-order valence-corrected chi connectivity index (χ3v) is 5.35. The van der Waals surface area contributed by atoms with Crippen LogP contribution in [0.1, 0.15) is 24.0 Å². The predicted molar refractivity (Wildman–Crippen MR) is 107 cm³/mol. The van der Waals surface area contributed by atoms with Crippen molar-refractivity contribution in [1.82, 2.24) is 15.1 Å². The molecule has 146 valence electrons. The van der Waals surface area contributed by atoms with E-state index in [1.807, 2.05) is 60.4 Å². The average Bonchev–Trinajstić information content (AvgIpc) is 2.72. The van der Waals surface area contributed by atoms with Gasteiger partial charge in [0, 0.05) is 43.9 Å². The van der Waals surface area contributed by atoms with Crippen molar-refractivity contribution in [3.05, 3.63) is 59.7 Å². The zero-order valence-electron chi connectivity index (χ0n) is 16.1. The second-order valence-corrected chi connectivity index (χ2v) is 7.17. The molecule has 2 aliphatic heterocycles. The Morgan fingerprint density at radius 3 is 2.11 bits per heavy atom. The smallest absolute Gasteiger partial charge is 0.234 e. The maximum Gasteiger partial charge on any atom is 0.234 e. The topological polar surface area (TPSA) is 61.9 Å². The van der Waals surface area contributed by atoms with Crippen LogP contribution in [-0.2, 0) is 9.59 Å². The van der Waals surface area contributed by atoms with E-state index in [1.54, 1.807) is 0 Å². The van der Waals surface area contributed by atoms with E-state index < -0.39 is 0 Å². The highest BCUT2D eigenvalue weighted by atomic mass is 16.5. The molecule has 1 saturated heterocycles. The lowest BCUT2D eigenvalue weighted by Crippen LogP contribution is -2.52. The van der Waals surface area contributed by atoms with Gasteiger partial charge in [-0.2, -0.15) is 0 Å². The summed E-state index contributed by atoms with van der Waals surface area (Å²) in [5, 5.41) is 2.83. The van der Waals surface area contributed by atoms with E-state index in [4.69, 9.17) is 4.74 Å². The van der Waals surface area contributed by atoms with E-state index in [0.717, 1.165) is 22.6 Å². The minimum atomic E-state index is -0.351. The summed E-state index contributed by atoms with van der Waals surface area (Å²) >= 11 is 0. The lowest BCUT2D eigenvalue weighted by Gasteiger charge is -2.37. The first kappa shape index (κ1) is 18.5. The van der Waals surface area contributed by atoms with Crippen molar-refractivity contribution in [2.24, 2.45) is 0 Å². The van der Waals surface area contributed by atoms with Gasteiger partial charge in [-0.15, -0.1) is 0 Å².